The molecule has 4 aliphatic carbocycles. The van der Waals surface area contributed by atoms with Gasteiger partial charge in [-0.05, 0) is 56.1 Å². The molecule has 1 aromatic rings. The Kier molecular flexibility index (Phi) is 4.03. The number of ether oxygens (including phenoxy) is 3. The molecule has 1 saturated heterocycles. The van der Waals surface area contributed by atoms with Crippen molar-refractivity contribution in [1.82, 2.24) is 4.90 Å². The lowest BCUT2D eigenvalue weighted by Gasteiger charge is -2.75. The summed E-state index contributed by atoms with van der Waals surface area (Å²) in [5.74, 6) is 1.54. The number of hydrogen-bond acceptors (Lipinski definition) is 6. The van der Waals surface area contributed by atoms with Gasteiger partial charge < -0.3 is 24.2 Å². The van der Waals surface area contributed by atoms with Crippen LogP contribution in [0.5, 0.6) is 11.5 Å². The number of benzene rings is 1. The first-order valence-electron chi connectivity index (χ1n) is 12.3. The number of methoxy groups -OCH3 is 2. The molecule has 3 saturated carbocycles. The Labute approximate surface area is 196 Å². The second kappa shape index (κ2) is 6.17. The predicted molar refractivity (Wildman–Crippen MR) is 123 cm³/mol. The third-order valence-corrected chi connectivity index (χ3v) is 10.9. The Bertz CT molecular complexity index is 1070. The molecular formula is C27H36N2O4. The van der Waals surface area contributed by atoms with E-state index in [2.05, 4.69) is 33.0 Å². The summed E-state index contributed by atoms with van der Waals surface area (Å²) in [5, 5.41) is 22.2. The van der Waals surface area contributed by atoms with Crippen LogP contribution < -0.4 is 9.47 Å². The molecule has 1 aromatic carbocycles. The summed E-state index contributed by atoms with van der Waals surface area (Å²) in [7, 11) is 3.50. The van der Waals surface area contributed by atoms with E-state index in [-0.39, 0.29) is 34.3 Å². The molecule has 1 unspecified atom stereocenters. The fourth-order valence-electron chi connectivity index (χ4n) is 8.91. The molecule has 0 amide bonds. The van der Waals surface area contributed by atoms with Crippen LogP contribution in [-0.4, -0.2) is 54.1 Å². The monoisotopic (exact) mass is 452 g/mol. The van der Waals surface area contributed by atoms with Crippen molar-refractivity contribution in [3.8, 4) is 17.7 Å². The second-order valence-electron chi connectivity index (χ2n) is 12.3. The zero-order valence-electron chi connectivity index (χ0n) is 20.7. The first-order valence-corrected chi connectivity index (χ1v) is 12.3. The minimum atomic E-state index is -0.966. The summed E-state index contributed by atoms with van der Waals surface area (Å²) >= 11 is 0. The molecule has 7 rings (SSSR count). The van der Waals surface area contributed by atoms with Crippen molar-refractivity contribution in [2.24, 2.45) is 16.7 Å². The Balaban J connectivity index is 1.66. The normalized spacial score (nSPS) is 41.6. The van der Waals surface area contributed by atoms with Crippen LogP contribution in [-0.2, 0) is 16.6 Å². The molecule has 4 bridgehead atoms. The van der Waals surface area contributed by atoms with Gasteiger partial charge in [-0.25, -0.2) is 0 Å². The van der Waals surface area contributed by atoms with E-state index >= 15 is 0 Å². The third-order valence-electron chi connectivity index (χ3n) is 10.9. The lowest BCUT2D eigenvalue weighted by Crippen LogP contribution is -2.83. The standard InChI is InChI=1S/C27H36N2O4/c1-23(2,3)24(4,30)18-14-25-9-10-27(18,32-6)22-26(25)11-12-29(15-28)19(25)13-16-7-8-17(31-5)21(33-22)20(16)26/h7-8,18-19,22,30H,9-14H2,1-6H3/t18?,19-,22-,24+,25-,26+,27-/m1/s1. The molecule has 2 spiro atoms. The van der Waals surface area contributed by atoms with Crippen LogP contribution in [0.25, 0.3) is 0 Å². The SMILES string of the molecule is COc1ccc2c3c1O[C@@H]1[C@]34CCN(C#N)[C@H](C2)[C@]42CC[C@@]1(OC)C([C@](C)(O)C(C)(C)C)C2. The number of rotatable bonds is 3. The second-order valence-corrected chi connectivity index (χ2v) is 12.3. The zero-order chi connectivity index (χ0) is 23.6. The van der Waals surface area contributed by atoms with Crippen molar-refractivity contribution in [3.05, 3.63) is 23.3 Å². The number of nitrogens with zero attached hydrogens (tertiary/aromatic N) is 2. The molecule has 178 valence electrons. The van der Waals surface area contributed by atoms with Gasteiger partial charge in [0.2, 0.25) is 0 Å². The lowest BCUT2D eigenvalue weighted by molar-refractivity contribution is -0.309. The van der Waals surface area contributed by atoms with Gasteiger partial charge in [0, 0.05) is 42.0 Å². The molecule has 4 fully saturated rings. The quantitative estimate of drug-likeness (QED) is 0.704. The van der Waals surface area contributed by atoms with Crippen LogP contribution in [0.1, 0.15) is 64.5 Å². The molecule has 33 heavy (non-hydrogen) atoms. The maximum Gasteiger partial charge on any atom is 0.179 e. The molecule has 2 aliphatic heterocycles. The summed E-state index contributed by atoms with van der Waals surface area (Å²) in [6, 6.07) is 4.30. The number of piperidine rings is 1. The van der Waals surface area contributed by atoms with E-state index in [1.165, 1.54) is 11.1 Å². The van der Waals surface area contributed by atoms with Crippen molar-refractivity contribution in [2.45, 2.75) is 88.6 Å². The van der Waals surface area contributed by atoms with E-state index in [0.29, 0.717) is 0 Å². The minimum Gasteiger partial charge on any atom is -0.493 e. The van der Waals surface area contributed by atoms with Crippen molar-refractivity contribution < 1.29 is 19.3 Å². The Morgan fingerprint density at radius 1 is 1.18 bits per heavy atom. The van der Waals surface area contributed by atoms with Crippen LogP contribution in [0.3, 0.4) is 0 Å². The highest BCUT2D eigenvalue weighted by Crippen LogP contribution is 2.77. The smallest absolute Gasteiger partial charge is 0.179 e. The molecule has 2 heterocycles. The van der Waals surface area contributed by atoms with Gasteiger partial charge in [0.25, 0.3) is 0 Å². The van der Waals surface area contributed by atoms with Gasteiger partial charge >= 0.3 is 0 Å². The molecule has 0 radical (unpaired) electrons. The molecule has 7 atom stereocenters. The minimum absolute atomic E-state index is 0.107. The molecule has 6 nitrogen and oxygen atoms in total. The molecule has 6 heteroatoms. The lowest BCUT2D eigenvalue weighted by atomic mass is 9.33. The third kappa shape index (κ3) is 2.10. The van der Waals surface area contributed by atoms with Crippen molar-refractivity contribution in [2.75, 3.05) is 20.8 Å². The fraction of sp³-hybridized carbons (Fsp3) is 0.741. The van der Waals surface area contributed by atoms with Crippen LogP contribution >= 0.6 is 0 Å². The van der Waals surface area contributed by atoms with Crippen LogP contribution in [0, 0.1) is 28.2 Å². The van der Waals surface area contributed by atoms with Gasteiger partial charge in [0.15, 0.2) is 17.7 Å². The highest BCUT2D eigenvalue weighted by atomic mass is 16.6. The van der Waals surface area contributed by atoms with Gasteiger partial charge in [-0.1, -0.05) is 26.8 Å². The van der Waals surface area contributed by atoms with E-state index in [1.54, 1.807) is 14.2 Å². The number of fused-ring (bicyclic) bond motifs is 2. The average molecular weight is 453 g/mol. The predicted octanol–water partition coefficient (Wildman–Crippen LogP) is 3.79. The van der Waals surface area contributed by atoms with Crippen LogP contribution in [0.4, 0.5) is 0 Å². The van der Waals surface area contributed by atoms with Gasteiger partial charge in [-0.2, -0.15) is 5.26 Å². The number of aliphatic hydroxyl groups is 1. The van der Waals surface area contributed by atoms with E-state index in [4.69, 9.17) is 14.2 Å². The first kappa shape index (κ1) is 21.6. The average Bonchev–Trinajstić information content (AvgIpc) is 3.15. The van der Waals surface area contributed by atoms with Gasteiger partial charge in [-0.15, -0.1) is 0 Å². The van der Waals surface area contributed by atoms with Gasteiger partial charge in [-0.3, -0.25) is 0 Å². The largest absolute Gasteiger partial charge is 0.493 e. The number of nitriles is 1. The maximum absolute atomic E-state index is 12.1. The highest BCUT2D eigenvalue weighted by Gasteiger charge is 2.82. The molecule has 6 aliphatic rings. The van der Waals surface area contributed by atoms with Gasteiger partial charge in [0.1, 0.15) is 11.7 Å². The van der Waals surface area contributed by atoms with E-state index in [0.717, 1.165) is 50.1 Å². The summed E-state index contributed by atoms with van der Waals surface area (Å²) in [6.07, 6.45) is 6.68. The summed E-state index contributed by atoms with van der Waals surface area (Å²) < 4.78 is 19.3. The highest BCUT2D eigenvalue weighted by molar-refractivity contribution is 5.63. The Hall–Kier alpha value is -1.97. The number of likely N-dealkylation sites (tertiary alicyclic amines) is 1. The van der Waals surface area contributed by atoms with E-state index in [9.17, 15) is 10.4 Å². The summed E-state index contributed by atoms with van der Waals surface area (Å²) in [6.45, 7) is 9.05. The summed E-state index contributed by atoms with van der Waals surface area (Å²) in [5.41, 5.74) is 0.315. The first-order chi connectivity index (χ1) is 15.5. The maximum atomic E-state index is 12.1. The molecular weight excluding hydrogens is 416 g/mol. The Morgan fingerprint density at radius 3 is 2.58 bits per heavy atom. The fourth-order valence-corrected chi connectivity index (χ4v) is 8.91. The molecule has 1 N–H and O–H groups in total. The van der Waals surface area contributed by atoms with Crippen molar-refractivity contribution in [1.29, 1.82) is 5.26 Å². The topological polar surface area (TPSA) is 75.0 Å². The van der Waals surface area contributed by atoms with Gasteiger partial charge in [0.05, 0.1) is 12.7 Å². The van der Waals surface area contributed by atoms with E-state index in [1.807, 2.05) is 17.9 Å². The molecule has 0 aromatic heterocycles. The zero-order valence-corrected chi connectivity index (χ0v) is 20.7. The Morgan fingerprint density at radius 2 is 1.94 bits per heavy atom. The van der Waals surface area contributed by atoms with Crippen LogP contribution in [0.2, 0.25) is 0 Å². The number of hydrogen-bond donors (Lipinski definition) is 1. The summed E-state index contributed by atoms with van der Waals surface area (Å²) in [4.78, 5) is 2.03. The van der Waals surface area contributed by atoms with Crippen molar-refractivity contribution in [3.63, 3.8) is 0 Å². The van der Waals surface area contributed by atoms with Crippen LogP contribution in [0.15, 0.2) is 12.1 Å². The van der Waals surface area contributed by atoms with E-state index < -0.39 is 11.2 Å². The van der Waals surface area contributed by atoms with Crippen molar-refractivity contribution >= 4 is 0 Å².